The van der Waals surface area contributed by atoms with Crippen molar-refractivity contribution in [2.75, 3.05) is 6.54 Å². The van der Waals surface area contributed by atoms with Crippen LogP contribution in [0.25, 0.3) is 5.70 Å². The molecular weight excluding hydrogens is 177 g/mol. The quantitative estimate of drug-likeness (QED) is 0.613. The molecule has 14 heavy (non-hydrogen) atoms. The molecule has 0 N–H and O–H groups in total. The van der Waals surface area contributed by atoms with Crippen LogP contribution in [0.15, 0.2) is 48.1 Å². The van der Waals surface area contributed by atoms with Crippen molar-refractivity contribution in [1.29, 1.82) is 0 Å². The van der Waals surface area contributed by atoms with Crippen molar-refractivity contribution in [3.8, 4) is 0 Å². The third-order valence-corrected chi connectivity index (χ3v) is 2.27. The molecule has 1 aliphatic rings. The van der Waals surface area contributed by atoms with Gasteiger partial charge >= 0.3 is 0 Å². The van der Waals surface area contributed by atoms with Crippen LogP contribution in [0.4, 0.5) is 4.48 Å². The lowest BCUT2D eigenvalue weighted by Crippen LogP contribution is -2.15. The first-order valence-electron chi connectivity index (χ1n) is 4.64. The number of allylic oxidation sites excluding steroid dienone is 2. The van der Waals surface area contributed by atoms with Crippen LogP contribution >= 0.6 is 0 Å². The Morgan fingerprint density at radius 1 is 1.21 bits per heavy atom. The average molecular weight is 189 g/mol. The van der Waals surface area contributed by atoms with Crippen molar-refractivity contribution in [3.05, 3.63) is 53.6 Å². The minimum absolute atomic E-state index is 0.340. The summed E-state index contributed by atoms with van der Waals surface area (Å²) in [5.41, 5.74) is 2.67. The van der Waals surface area contributed by atoms with Crippen molar-refractivity contribution in [3.63, 3.8) is 0 Å². The summed E-state index contributed by atoms with van der Waals surface area (Å²) in [5.74, 6) is 0. The summed E-state index contributed by atoms with van der Waals surface area (Å²) < 4.78 is 13.4. The third kappa shape index (κ3) is 1.69. The summed E-state index contributed by atoms with van der Waals surface area (Å²) in [6.45, 7) is 2.32. The summed E-state index contributed by atoms with van der Waals surface area (Å²) in [5, 5.41) is 0.766. The number of benzene rings is 1. The molecule has 2 rings (SSSR count). The fourth-order valence-corrected chi connectivity index (χ4v) is 1.50. The largest absolute Gasteiger partial charge is 0.207 e. The summed E-state index contributed by atoms with van der Waals surface area (Å²) in [7, 11) is 0. The minimum Gasteiger partial charge on any atom is -0.207 e. The Bertz CT molecular complexity index is 379. The van der Waals surface area contributed by atoms with Gasteiger partial charge in [0.15, 0.2) is 0 Å². The van der Waals surface area contributed by atoms with Gasteiger partial charge < -0.3 is 0 Å². The lowest BCUT2D eigenvalue weighted by molar-refractivity contribution is 0.121. The van der Waals surface area contributed by atoms with E-state index >= 15 is 0 Å². The van der Waals surface area contributed by atoms with Gasteiger partial charge in [-0.3, -0.25) is 0 Å². The topological polar surface area (TPSA) is 3.24 Å². The first-order chi connectivity index (χ1) is 6.77. The summed E-state index contributed by atoms with van der Waals surface area (Å²) in [6, 6.07) is 9.58. The van der Waals surface area contributed by atoms with Crippen LogP contribution in [0.5, 0.6) is 0 Å². The molecule has 0 amide bonds. The van der Waals surface area contributed by atoms with E-state index in [9.17, 15) is 4.48 Å². The van der Waals surface area contributed by atoms with Gasteiger partial charge in [-0.15, -0.1) is 0 Å². The zero-order valence-electron chi connectivity index (χ0n) is 8.07. The Labute approximate surface area is 83.1 Å². The highest BCUT2D eigenvalue weighted by molar-refractivity contribution is 5.67. The van der Waals surface area contributed by atoms with Gasteiger partial charge in [0.05, 0.1) is 12.2 Å². The van der Waals surface area contributed by atoms with Gasteiger partial charge in [-0.2, -0.15) is 0 Å². The third-order valence-electron chi connectivity index (χ3n) is 2.27. The van der Waals surface area contributed by atoms with E-state index in [0.29, 0.717) is 12.2 Å². The number of hydrogen-bond donors (Lipinski definition) is 0. The first-order valence-corrected chi connectivity index (χ1v) is 4.64. The number of hydrogen-bond acceptors (Lipinski definition) is 1. The highest BCUT2D eigenvalue weighted by Crippen LogP contribution is 2.24. The number of nitrogens with zero attached hydrogens (tertiary/aromatic N) is 1. The molecule has 0 atom stereocenters. The van der Waals surface area contributed by atoms with Crippen LogP contribution in [0, 0.1) is 0 Å². The SMILES string of the molecule is CC1=CCN(F)C(c2ccccc2)=C1. The monoisotopic (exact) mass is 189 g/mol. The molecule has 1 heterocycles. The summed E-state index contributed by atoms with van der Waals surface area (Å²) in [6.07, 6.45) is 3.73. The van der Waals surface area contributed by atoms with E-state index in [1.807, 2.05) is 49.4 Å². The van der Waals surface area contributed by atoms with E-state index in [1.54, 1.807) is 0 Å². The molecule has 0 radical (unpaired) electrons. The second-order valence-corrected chi connectivity index (χ2v) is 3.39. The molecule has 0 aromatic heterocycles. The van der Waals surface area contributed by atoms with E-state index in [-0.39, 0.29) is 0 Å². The minimum atomic E-state index is 0.340. The molecule has 1 aromatic rings. The molecule has 1 aliphatic heterocycles. The normalized spacial score (nSPS) is 16.3. The fraction of sp³-hybridized carbons (Fsp3) is 0.167. The Morgan fingerprint density at radius 3 is 2.64 bits per heavy atom. The van der Waals surface area contributed by atoms with Crippen molar-refractivity contribution in [2.24, 2.45) is 0 Å². The number of halogens is 1. The summed E-state index contributed by atoms with van der Waals surface area (Å²) >= 11 is 0. The van der Waals surface area contributed by atoms with Gasteiger partial charge in [-0.05, 0) is 13.0 Å². The molecule has 72 valence electrons. The van der Waals surface area contributed by atoms with Crippen LogP contribution in [0.2, 0.25) is 0 Å². The molecule has 0 aliphatic carbocycles. The maximum absolute atomic E-state index is 13.4. The standard InChI is InChI=1S/C12H12FN/c1-10-7-8-14(13)12(9-10)11-5-3-2-4-6-11/h2-7,9H,8H2,1H3. The van der Waals surface area contributed by atoms with Crippen molar-refractivity contribution in [1.82, 2.24) is 5.12 Å². The van der Waals surface area contributed by atoms with E-state index in [1.165, 1.54) is 0 Å². The first kappa shape index (κ1) is 9.00. The number of rotatable bonds is 1. The molecule has 0 unspecified atom stereocenters. The second kappa shape index (κ2) is 3.66. The van der Waals surface area contributed by atoms with Crippen LogP contribution in [0.1, 0.15) is 12.5 Å². The van der Waals surface area contributed by atoms with Crippen LogP contribution in [-0.2, 0) is 0 Å². The lowest BCUT2D eigenvalue weighted by atomic mass is 10.1. The highest BCUT2D eigenvalue weighted by Gasteiger charge is 2.13. The van der Waals surface area contributed by atoms with Crippen LogP contribution < -0.4 is 0 Å². The molecule has 1 aromatic carbocycles. The fourth-order valence-electron chi connectivity index (χ4n) is 1.50. The second-order valence-electron chi connectivity index (χ2n) is 3.39. The Hall–Kier alpha value is -1.57. The van der Waals surface area contributed by atoms with Gasteiger partial charge in [0, 0.05) is 5.56 Å². The molecule has 0 saturated heterocycles. The molecule has 0 spiro atoms. The van der Waals surface area contributed by atoms with E-state index in [4.69, 9.17) is 0 Å². The van der Waals surface area contributed by atoms with E-state index in [0.717, 1.165) is 16.3 Å². The molecule has 0 bridgehead atoms. The van der Waals surface area contributed by atoms with Crippen LogP contribution in [0.3, 0.4) is 0 Å². The predicted molar refractivity (Wildman–Crippen MR) is 56.0 cm³/mol. The highest BCUT2D eigenvalue weighted by atomic mass is 19.2. The molecular formula is C12H12FN. The summed E-state index contributed by atoms with van der Waals surface area (Å²) in [4.78, 5) is 0. The lowest BCUT2D eigenvalue weighted by Gasteiger charge is -2.20. The maximum Gasteiger partial charge on any atom is 0.0766 e. The van der Waals surface area contributed by atoms with Gasteiger partial charge in [0.1, 0.15) is 0 Å². The van der Waals surface area contributed by atoms with Gasteiger partial charge in [-0.1, -0.05) is 46.5 Å². The van der Waals surface area contributed by atoms with Gasteiger partial charge in [-0.25, -0.2) is 5.12 Å². The van der Waals surface area contributed by atoms with Crippen molar-refractivity contribution in [2.45, 2.75) is 6.92 Å². The molecule has 2 heteroatoms. The van der Waals surface area contributed by atoms with Crippen molar-refractivity contribution < 1.29 is 4.48 Å². The molecule has 1 nitrogen and oxygen atoms in total. The zero-order chi connectivity index (χ0) is 9.97. The van der Waals surface area contributed by atoms with E-state index in [2.05, 4.69) is 0 Å². The smallest absolute Gasteiger partial charge is 0.0766 e. The average Bonchev–Trinajstić information content (AvgIpc) is 2.23. The Kier molecular flexibility index (Phi) is 2.35. The van der Waals surface area contributed by atoms with Gasteiger partial charge in [0.25, 0.3) is 0 Å². The Balaban J connectivity index is 2.38. The Morgan fingerprint density at radius 2 is 1.93 bits per heavy atom. The zero-order valence-corrected chi connectivity index (χ0v) is 8.07. The maximum atomic E-state index is 13.4. The van der Waals surface area contributed by atoms with Crippen molar-refractivity contribution >= 4 is 5.70 Å². The predicted octanol–water partition coefficient (Wildman–Crippen LogP) is 3.17. The van der Waals surface area contributed by atoms with Gasteiger partial charge in [0.2, 0.25) is 0 Å². The van der Waals surface area contributed by atoms with Crippen LogP contribution in [-0.4, -0.2) is 11.7 Å². The molecule has 0 fully saturated rings. The molecule has 0 saturated carbocycles. The van der Waals surface area contributed by atoms with E-state index < -0.39 is 0 Å².